The number of halogens is 1. The summed E-state index contributed by atoms with van der Waals surface area (Å²) in [6.07, 6.45) is 2.67. The molecule has 0 saturated heterocycles. The number of rotatable bonds is 6. The van der Waals surface area contributed by atoms with Crippen molar-refractivity contribution in [2.24, 2.45) is 0 Å². The molecule has 0 spiro atoms. The normalized spacial score (nSPS) is 12.2. The maximum atomic E-state index is 11.8. The zero-order valence-corrected chi connectivity index (χ0v) is 15.4. The summed E-state index contributed by atoms with van der Waals surface area (Å²) in [4.78, 5) is 23.6. The molecule has 1 atom stereocenters. The molecule has 0 aliphatic rings. The number of hydrogen-bond donors (Lipinski definition) is 2. The number of ether oxygens (including phenoxy) is 2. The van der Waals surface area contributed by atoms with E-state index in [1.165, 1.54) is 14.2 Å². The number of carbonyl (C=O) groups is 1. The lowest BCUT2D eigenvalue weighted by Crippen LogP contribution is -2.33. The maximum Gasteiger partial charge on any atom is 0.249 e. The fraction of sp³-hybridized carbons (Fsp3) is 0.278. The van der Waals surface area contributed by atoms with E-state index >= 15 is 0 Å². The van der Waals surface area contributed by atoms with E-state index in [1.54, 1.807) is 19.3 Å². The number of benzene rings is 1. The number of aromatic nitrogens is 3. The minimum absolute atomic E-state index is 0.168. The summed E-state index contributed by atoms with van der Waals surface area (Å²) in [5, 5.41) is 4.34. The van der Waals surface area contributed by atoms with Gasteiger partial charge in [-0.15, -0.1) is 0 Å². The van der Waals surface area contributed by atoms with Crippen molar-refractivity contribution in [1.82, 2.24) is 20.3 Å². The largest absolute Gasteiger partial charge is 0.480 e. The Morgan fingerprint density at radius 1 is 1.27 bits per heavy atom. The summed E-state index contributed by atoms with van der Waals surface area (Å²) in [6, 6.07) is 5.72. The number of H-pyrrole nitrogens is 1. The van der Waals surface area contributed by atoms with E-state index in [4.69, 9.17) is 21.1 Å². The van der Waals surface area contributed by atoms with Gasteiger partial charge in [0, 0.05) is 29.3 Å². The second-order valence-electron chi connectivity index (χ2n) is 5.75. The van der Waals surface area contributed by atoms with Crippen LogP contribution in [0.4, 0.5) is 0 Å². The Morgan fingerprint density at radius 2 is 2.08 bits per heavy atom. The molecule has 0 saturated carbocycles. The Balaban J connectivity index is 1.84. The highest BCUT2D eigenvalue weighted by molar-refractivity contribution is 6.34. The van der Waals surface area contributed by atoms with Gasteiger partial charge in [0.1, 0.15) is 6.10 Å². The van der Waals surface area contributed by atoms with Crippen molar-refractivity contribution >= 4 is 28.4 Å². The average Bonchev–Trinajstić information content (AvgIpc) is 3.06. The molecule has 0 aliphatic carbocycles. The molecule has 0 fully saturated rings. The van der Waals surface area contributed by atoms with Crippen LogP contribution in [0.5, 0.6) is 5.88 Å². The third-order valence-electron chi connectivity index (χ3n) is 4.05. The Hall–Kier alpha value is -2.64. The summed E-state index contributed by atoms with van der Waals surface area (Å²) in [6.45, 7) is 2.07. The predicted octanol–water partition coefficient (Wildman–Crippen LogP) is 2.94. The molecule has 0 bridgehead atoms. The zero-order valence-electron chi connectivity index (χ0n) is 14.7. The molecule has 136 valence electrons. The van der Waals surface area contributed by atoms with Crippen molar-refractivity contribution in [3.8, 4) is 17.1 Å². The highest BCUT2D eigenvalue weighted by atomic mass is 35.5. The van der Waals surface area contributed by atoms with E-state index in [9.17, 15) is 4.79 Å². The average molecular weight is 375 g/mol. The molecule has 26 heavy (non-hydrogen) atoms. The van der Waals surface area contributed by atoms with Crippen molar-refractivity contribution in [2.45, 2.75) is 19.6 Å². The summed E-state index contributed by atoms with van der Waals surface area (Å²) in [5.41, 5.74) is 3.17. The molecule has 0 radical (unpaired) electrons. The molecule has 3 aromatic rings. The number of nitrogens with one attached hydrogen (secondary N) is 2. The molecule has 2 N–H and O–H groups in total. The lowest BCUT2D eigenvalue weighted by Gasteiger charge is -2.09. The lowest BCUT2D eigenvalue weighted by atomic mass is 10.1. The van der Waals surface area contributed by atoms with Gasteiger partial charge in [-0.1, -0.05) is 11.6 Å². The summed E-state index contributed by atoms with van der Waals surface area (Å²) < 4.78 is 10.0. The van der Waals surface area contributed by atoms with Gasteiger partial charge >= 0.3 is 0 Å². The molecular formula is C18H19ClN4O3. The third-order valence-corrected chi connectivity index (χ3v) is 4.37. The first-order valence-corrected chi connectivity index (χ1v) is 8.37. The number of amides is 1. The monoisotopic (exact) mass is 374 g/mol. The Labute approximate surface area is 155 Å². The maximum absolute atomic E-state index is 11.8. The van der Waals surface area contributed by atoms with Gasteiger partial charge in [0.05, 0.1) is 36.8 Å². The van der Waals surface area contributed by atoms with Gasteiger partial charge in [-0.3, -0.25) is 4.79 Å². The highest BCUT2D eigenvalue weighted by Gasteiger charge is 2.13. The van der Waals surface area contributed by atoms with Crippen LogP contribution < -0.4 is 10.1 Å². The van der Waals surface area contributed by atoms with E-state index in [-0.39, 0.29) is 5.91 Å². The standard InChI is InChI=1S/C18H19ClN4O3/c1-10(25-2)18(24)22-7-12-4-11-5-14(19)13(6-15(11)23-12)16-8-21-17(26-3)9-20-16/h4-6,8-10,23H,7H2,1-3H3,(H,22,24). The van der Waals surface area contributed by atoms with Crippen LogP contribution in [0.25, 0.3) is 22.2 Å². The molecule has 3 rings (SSSR count). The molecule has 1 amide bonds. The number of aromatic amines is 1. The van der Waals surface area contributed by atoms with Gasteiger partial charge < -0.3 is 19.8 Å². The van der Waals surface area contributed by atoms with E-state index in [0.29, 0.717) is 23.1 Å². The van der Waals surface area contributed by atoms with Crippen LogP contribution in [0.1, 0.15) is 12.6 Å². The SMILES string of the molecule is COc1cnc(-c2cc3[nH]c(CNC(=O)C(C)OC)cc3cc2Cl)cn1. The Morgan fingerprint density at radius 3 is 2.73 bits per heavy atom. The first-order valence-electron chi connectivity index (χ1n) is 8.00. The zero-order chi connectivity index (χ0) is 18.7. The molecular weight excluding hydrogens is 356 g/mol. The Bertz CT molecular complexity index is 924. The molecule has 1 unspecified atom stereocenters. The molecule has 0 aliphatic heterocycles. The number of nitrogens with zero attached hydrogens (tertiary/aromatic N) is 2. The molecule has 8 heteroatoms. The number of carbonyl (C=O) groups excluding carboxylic acids is 1. The molecule has 2 heterocycles. The smallest absolute Gasteiger partial charge is 0.249 e. The molecule has 1 aromatic carbocycles. The lowest BCUT2D eigenvalue weighted by molar-refractivity contribution is -0.130. The molecule has 7 nitrogen and oxygen atoms in total. The fourth-order valence-electron chi connectivity index (χ4n) is 2.50. The van der Waals surface area contributed by atoms with E-state index in [2.05, 4.69) is 20.3 Å². The third kappa shape index (κ3) is 3.79. The van der Waals surface area contributed by atoms with E-state index in [1.807, 2.05) is 18.2 Å². The van der Waals surface area contributed by atoms with Crippen LogP contribution >= 0.6 is 11.6 Å². The second-order valence-corrected chi connectivity index (χ2v) is 6.16. The van der Waals surface area contributed by atoms with Crippen LogP contribution in [0, 0.1) is 0 Å². The summed E-state index contributed by atoms with van der Waals surface area (Å²) in [5.74, 6) is 0.271. The van der Waals surface area contributed by atoms with Gasteiger partial charge in [0.25, 0.3) is 0 Å². The van der Waals surface area contributed by atoms with Crippen molar-refractivity contribution in [1.29, 1.82) is 0 Å². The van der Waals surface area contributed by atoms with Gasteiger partial charge in [0.2, 0.25) is 11.8 Å². The second kappa shape index (κ2) is 7.72. The number of hydrogen-bond acceptors (Lipinski definition) is 5. The fourth-order valence-corrected chi connectivity index (χ4v) is 2.77. The van der Waals surface area contributed by atoms with Crippen LogP contribution in [0.15, 0.2) is 30.6 Å². The van der Waals surface area contributed by atoms with Crippen molar-refractivity contribution in [2.75, 3.05) is 14.2 Å². The van der Waals surface area contributed by atoms with Gasteiger partial charge in [-0.05, 0) is 25.1 Å². The van der Waals surface area contributed by atoms with Crippen molar-refractivity contribution in [3.05, 3.63) is 41.3 Å². The number of fused-ring (bicyclic) bond motifs is 1. The Kier molecular flexibility index (Phi) is 5.39. The predicted molar refractivity (Wildman–Crippen MR) is 99.2 cm³/mol. The topological polar surface area (TPSA) is 89.1 Å². The van der Waals surface area contributed by atoms with Crippen LogP contribution in [0.3, 0.4) is 0 Å². The van der Waals surface area contributed by atoms with Gasteiger partial charge in [-0.2, -0.15) is 0 Å². The van der Waals surface area contributed by atoms with Gasteiger partial charge in [-0.25, -0.2) is 9.97 Å². The van der Waals surface area contributed by atoms with E-state index in [0.717, 1.165) is 22.2 Å². The van der Waals surface area contributed by atoms with Crippen LogP contribution in [-0.2, 0) is 16.1 Å². The minimum Gasteiger partial charge on any atom is -0.480 e. The van der Waals surface area contributed by atoms with Crippen molar-refractivity contribution in [3.63, 3.8) is 0 Å². The molecule has 2 aromatic heterocycles. The van der Waals surface area contributed by atoms with Gasteiger partial charge in [0.15, 0.2) is 0 Å². The minimum atomic E-state index is -0.492. The first kappa shape index (κ1) is 18.2. The quantitative estimate of drug-likeness (QED) is 0.692. The highest BCUT2D eigenvalue weighted by Crippen LogP contribution is 2.31. The number of methoxy groups -OCH3 is 2. The van der Waals surface area contributed by atoms with Crippen LogP contribution in [0.2, 0.25) is 5.02 Å². The summed E-state index contributed by atoms with van der Waals surface area (Å²) >= 11 is 6.41. The van der Waals surface area contributed by atoms with Crippen molar-refractivity contribution < 1.29 is 14.3 Å². The summed E-state index contributed by atoms with van der Waals surface area (Å²) in [7, 11) is 3.04. The first-order chi connectivity index (χ1) is 12.5. The van der Waals surface area contributed by atoms with Crippen LogP contribution in [-0.4, -0.2) is 41.2 Å². The van der Waals surface area contributed by atoms with E-state index < -0.39 is 6.10 Å².